The van der Waals surface area contributed by atoms with E-state index < -0.39 is 0 Å². The molecule has 3 aromatic carbocycles. The number of amides is 1. The Morgan fingerprint density at radius 3 is 2.38 bits per heavy atom. The number of aryl methyl sites for hydroxylation is 1. The zero-order valence-electron chi connectivity index (χ0n) is 21.5. The van der Waals surface area contributed by atoms with Crippen LogP contribution in [0.15, 0.2) is 113 Å². The van der Waals surface area contributed by atoms with Gasteiger partial charge in [0.1, 0.15) is 12.4 Å². The fourth-order valence-corrected chi connectivity index (χ4v) is 5.79. The van der Waals surface area contributed by atoms with Gasteiger partial charge in [0, 0.05) is 11.6 Å². The summed E-state index contributed by atoms with van der Waals surface area (Å²) in [6.45, 7) is 7.01. The zero-order chi connectivity index (χ0) is 25.8. The molecular weight excluding hydrogens is 476 g/mol. The third-order valence-electron chi connectivity index (χ3n) is 6.87. The molecule has 2 atom stereocenters. The summed E-state index contributed by atoms with van der Waals surface area (Å²) in [5.74, 6) is 1.02. The molecular formula is C32H32N2O2S. The molecule has 5 heteroatoms. The van der Waals surface area contributed by atoms with Crippen LogP contribution in [0.4, 0.5) is 5.69 Å². The van der Waals surface area contributed by atoms with Crippen LogP contribution in [0.25, 0.3) is 0 Å². The molecule has 2 aliphatic rings. The topological polar surface area (TPSA) is 50.4 Å². The molecule has 1 aliphatic heterocycles. The first-order valence-electron chi connectivity index (χ1n) is 12.7. The molecule has 0 bridgehead atoms. The van der Waals surface area contributed by atoms with Gasteiger partial charge in [0.2, 0.25) is 0 Å². The maximum Gasteiger partial charge on any atom is 0.260 e. The number of carbonyl (C=O) groups is 1. The van der Waals surface area contributed by atoms with Crippen LogP contribution in [0, 0.1) is 0 Å². The second kappa shape index (κ2) is 11.1. The third-order valence-corrected chi connectivity index (χ3v) is 7.89. The van der Waals surface area contributed by atoms with Crippen LogP contribution in [0.3, 0.4) is 0 Å². The van der Waals surface area contributed by atoms with Gasteiger partial charge in [-0.1, -0.05) is 90.5 Å². The van der Waals surface area contributed by atoms with Crippen molar-refractivity contribution in [1.82, 2.24) is 5.32 Å². The maximum absolute atomic E-state index is 12.7. The number of hydrogen-bond acceptors (Lipinski definition) is 4. The minimum absolute atomic E-state index is 0.0394. The molecule has 37 heavy (non-hydrogen) atoms. The summed E-state index contributed by atoms with van der Waals surface area (Å²) in [5, 5.41) is 6.45. The predicted octanol–water partition coefficient (Wildman–Crippen LogP) is 7.33. The Morgan fingerprint density at radius 2 is 1.68 bits per heavy atom. The summed E-state index contributed by atoms with van der Waals surface area (Å²) in [6.07, 6.45) is 5.24. The van der Waals surface area contributed by atoms with E-state index in [9.17, 15) is 4.79 Å². The molecule has 0 unspecified atom stereocenters. The molecule has 1 aliphatic carbocycles. The second-order valence-electron chi connectivity index (χ2n) is 9.48. The lowest BCUT2D eigenvalue weighted by Gasteiger charge is -2.16. The largest absolute Gasteiger partial charge is 0.489 e. The van der Waals surface area contributed by atoms with Gasteiger partial charge in [-0.2, -0.15) is 0 Å². The van der Waals surface area contributed by atoms with E-state index in [2.05, 4.69) is 86.0 Å². The number of ether oxygens (including phenoxy) is 1. The van der Waals surface area contributed by atoms with Crippen molar-refractivity contribution in [1.29, 1.82) is 0 Å². The van der Waals surface area contributed by atoms with Crippen LogP contribution in [0.1, 0.15) is 43.4 Å². The first-order chi connectivity index (χ1) is 18.0. The van der Waals surface area contributed by atoms with Crippen LogP contribution in [-0.2, 0) is 17.8 Å². The van der Waals surface area contributed by atoms with Crippen LogP contribution < -0.4 is 15.4 Å². The van der Waals surface area contributed by atoms with Crippen molar-refractivity contribution in [2.45, 2.75) is 45.2 Å². The molecule has 188 valence electrons. The zero-order valence-corrected chi connectivity index (χ0v) is 22.3. The molecule has 3 aromatic rings. The Labute approximate surface area is 223 Å². The highest BCUT2D eigenvalue weighted by Gasteiger charge is 2.29. The van der Waals surface area contributed by atoms with E-state index in [4.69, 9.17) is 4.74 Å². The van der Waals surface area contributed by atoms with E-state index in [0.29, 0.717) is 6.61 Å². The van der Waals surface area contributed by atoms with Gasteiger partial charge in [-0.15, -0.1) is 0 Å². The van der Waals surface area contributed by atoms with Crippen molar-refractivity contribution < 1.29 is 9.53 Å². The molecule has 1 heterocycles. The first-order valence-corrected chi connectivity index (χ1v) is 13.6. The van der Waals surface area contributed by atoms with Crippen molar-refractivity contribution in [3.63, 3.8) is 0 Å². The lowest BCUT2D eigenvalue weighted by Crippen LogP contribution is -2.30. The summed E-state index contributed by atoms with van der Waals surface area (Å²) in [7, 11) is 0. The number of nitrogens with one attached hydrogen (secondary N) is 2. The Bertz CT molecular complexity index is 1360. The Balaban J connectivity index is 1.25. The van der Waals surface area contributed by atoms with E-state index in [1.165, 1.54) is 34.0 Å². The molecule has 1 amide bonds. The highest BCUT2D eigenvalue weighted by Crippen LogP contribution is 2.41. The molecule has 1 fully saturated rings. The van der Waals surface area contributed by atoms with Crippen molar-refractivity contribution in [2.75, 3.05) is 5.32 Å². The highest BCUT2D eigenvalue weighted by molar-refractivity contribution is 8.05. The normalized spacial score (nSPS) is 20.2. The van der Waals surface area contributed by atoms with Gasteiger partial charge in [-0.25, -0.2) is 0 Å². The van der Waals surface area contributed by atoms with Gasteiger partial charge >= 0.3 is 0 Å². The van der Waals surface area contributed by atoms with Gasteiger partial charge in [0.05, 0.1) is 4.91 Å². The summed E-state index contributed by atoms with van der Waals surface area (Å²) in [6, 6.07) is 26.9. The van der Waals surface area contributed by atoms with Crippen molar-refractivity contribution in [2.24, 2.45) is 0 Å². The summed E-state index contributed by atoms with van der Waals surface area (Å²) >= 11 is 1.53. The minimum Gasteiger partial charge on any atom is -0.489 e. The van der Waals surface area contributed by atoms with Gasteiger partial charge in [-0.3, -0.25) is 4.79 Å². The van der Waals surface area contributed by atoms with Crippen LogP contribution in [-0.4, -0.2) is 11.4 Å². The Kier molecular flexibility index (Phi) is 7.52. The van der Waals surface area contributed by atoms with Gasteiger partial charge in [-0.05, 0) is 72.9 Å². The third kappa shape index (κ3) is 5.83. The standard InChI is InChI=1S/C32H32N2O2S/c1-4-23-10-14-27(15-11-23)33-32-34-31(35)29(37-32)19-26-18-21(2)30(22(26)3)25-12-16-28(17-13-25)36-20-24-8-6-5-7-9-24/h5-19,30,32-33H,4,20H2,1-3H3,(H,34,35)/b29-19-/t30-,32+/m0/s1. The maximum atomic E-state index is 12.7. The lowest BCUT2D eigenvalue weighted by molar-refractivity contribution is -0.116. The van der Waals surface area contributed by atoms with E-state index >= 15 is 0 Å². The van der Waals surface area contributed by atoms with Gasteiger partial charge < -0.3 is 15.4 Å². The van der Waals surface area contributed by atoms with E-state index in [-0.39, 0.29) is 17.3 Å². The average molecular weight is 509 g/mol. The van der Waals surface area contributed by atoms with Gasteiger partial charge in [0.25, 0.3) is 5.91 Å². The predicted molar refractivity (Wildman–Crippen MR) is 153 cm³/mol. The fraction of sp³-hybridized carbons (Fsp3) is 0.219. The fourth-order valence-electron chi connectivity index (χ4n) is 4.81. The van der Waals surface area contributed by atoms with Crippen LogP contribution in [0.2, 0.25) is 0 Å². The Morgan fingerprint density at radius 1 is 0.946 bits per heavy atom. The van der Waals surface area contributed by atoms with E-state index in [1.54, 1.807) is 0 Å². The van der Waals surface area contributed by atoms with E-state index in [1.807, 2.05) is 36.4 Å². The van der Waals surface area contributed by atoms with Crippen molar-refractivity contribution in [3.05, 3.63) is 129 Å². The molecule has 0 spiro atoms. The molecule has 2 N–H and O–H groups in total. The molecule has 4 nitrogen and oxygen atoms in total. The monoisotopic (exact) mass is 508 g/mol. The number of allylic oxidation sites excluding steroid dienone is 5. The van der Waals surface area contributed by atoms with Gasteiger partial charge in [0.15, 0.2) is 5.50 Å². The quantitative estimate of drug-likeness (QED) is 0.313. The number of thioether (sulfide) groups is 1. The Hall–Kier alpha value is -3.70. The smallest absolute Gasteiger partial charge is 0.260 e. The first kappa shape index (κ1) is 25.0. The highest BCUT2D eigenvalue weighted by atomic mass is 32.2. The second-order valence-corrected chi connectivity index (χ2v) is 10.6. The SMILES string of the molecule is CCc1ccc(N[C@@H]2NC(=O)/C(=C/C3=C(C)[C@@H](c4ccc(OCc5ccccc5)cc4)C(C)=C3)S2)cc1. The van der Waals surface area contributed by atoms with Crippen LogP contribution >= 0.6 is 11.8 Å². The summed E-state index contributed by atoms with van der Waals surface area (Å²) < 4.78 is 5.96. The number of anilines is 1. The van der Waals surface area contributed by atoms with Crippen molar-refractivity contribution >= 4 is 23.4 Å². The number of benzene rings is 3. The summed E-state index contributed by atoms with van der Waals surface area (Å²) in [4.78, 5) is 13.4. The molecule has 0 aromatic heterocycles. The van der Waals surface area contributed by atoms with Crippen molar-refractivity contribution in [3.8, 4) is 5.75 Å². The number of carbonyl (C=O) groups excluding carboxylic acids is 1. The average Bonchev–Trinajstić information content (AvgIpc) is 3.41. The summed E-state index contributed by atoms with van der Waals surface area (Å²) in [5.41, 5.74) is 8.13. The molecule has 5 rings (SSSR count). The molecule has 0 saturated carbocycles. The number of rotatable bonds is 8. The van der Waals surface area contributed by atoms with Crippen LogP contribution in [0.5, 0.6) is 5.75 Å². The number of hydrogen-bond donors (Lipinski definition) is 2. The lowest BCUT2D eigenvalue weighted by atomic mass is 9.89. The minimum atomic E-state index is -0.183. The molecule has 0 radical (unpaired) electrons. The van der Waals surface area contributed by atoms with E-state index in [0.717, 1.165) is 33.9 Å². The molecule has 1 saturated heterocycles.